The van der Waals surface area contributed by atoms with Gasteiger partial charge in [0.1, 0.15) is 0 Å². The second kappa shape index (κ2) is 7.43. The molecule has 0 radical (unpaired) electrons. The van der Waals surface area contributed by atoms with Crippen LogP contribution < -0.4 is 10.6 Å². The quantitative estimate of drug-likeness (QED) is 0.892. The van der Waals surface area contributed by atoms with Crippen molar-refractivity contribution in [1.29, 1.82) is 0 Å². The molecule has 2 fully saturated rings. The van der Waals surface area contributed by atoms with E-state index in [-0.39, 0.29) is 5.91 Å². The summed E-state index contributed by atoms with van der Waals surface area (Å²) >= 11 is 0. The summed E-state index contributed by atoms with van der Waals surface area (Å²) in [6.07, 6.45) is 7.98. The first-order valence-corrected chi connectivity index (χ1v) is 9.12. The van der Waals surface area contributed by atoms with Gasteiger partial charge in [-0.1, -0.05) is 18.6 Å². The Morgan fingerprint density at radius 1 is 1.22 bits per heavy atom. The van der Waals surface area contributed by atoms with Gasteiger partial charge in [0.25, 0.3) is 5.91 Å². The first kappa shape index (κ1) is 16.4. The van der Waals surface area contributed by atoms with Crippen molar-refractivity contribution in [2.24, 2.45) is 5.92 Å². The second-order valence-corrected chi connectivity index (χ2v) is 7.05. The summed E-state index contributed by atoms with van der Waals surface area (Å²) in [5.41, 5.74) is 1.40. The van der Waals surface area contributed by atoms with Crippen molar-refractivity contribution in [3.05, 3.63) is 11.4 Å². The summed E-state index contributed by atoms with van der Waals surface area (Å²) in [6, 6.07) is 0.666. The van der Waals surface area contributed by atoms with Gasteiger partial charge in [-0.2, -0.15) is 0 Å². The molecule has 6 nitrogen and oxygen atoms in total. The average Bonchev–Trinajstić information content (AvgIpc) is 2.98. The SMILES string of the molecule is CCC1CCC(NC(=O)c2nnn(C3CCNCC3)c2C)CC1. The smallest absolute Gasteiger partial charge is 0.273 e. The molecule has 0 unspecified atom stereocenters. The highest BCUT2D eigenvalue weighted by Crippen LogP contribution is 2.27. The molecular formula is C17H29N5O. The Bertz CT molecular complexity index is 527. The fourth-order valence-corrected chi connectivity index (χ4v) is 3.92. The predicted octanol–water partition coefficient (Wildman–Crippen LogP) is 2.21. The number of carbonyl (C=O) groups is 1. The summed E-state index contributed by atoms with van der Waals surface area (Å²) in [5.74, 6) is 0.785. The Kier molecular flexibility index (Phi) is 5.30. The van der Waals surface area contributed by atoms with Gasteiger partial charge < -0.3 is 10.6 Å². The van der Waals surface area contributed by atoms with Crippen LogP contribution in [0.3, 0.4) is 0 Å². The molecule has 1 saturated carbocycles. The van der Waals surface area contributed by atoms with E-state index >= 15 is 0 Å². The van der Waals surface area contributed by atoms with Crippen LogP contribution in [0, 0.1) is 12.8 Å². The van der Waals surface area contributed by atoms with Crippen molar-refractivity contribution < 1.29 is 4.79 Å². The van der Waals surface area contributed by atoms with Gasteiger partial charge in [-0.05, 0) is 64.5 Å². The molecule has 2 heterocycles. The number of amides is 1. The average molecular weight is 319 g/mol. The van der Waals surface area contributed by atoms with E-state index in [4.69, 9.17) is 0 Å². The van der Waals surface area contributed by atoms with E-state index in [1.165, 1.54) is 19.3 Å². The lowest BCUT2D eigenvalue weighted by Gasteiger charge is -2.28. The summed E-state index contributed by atoms with van der Waals surface area (Å²) < 4.78 is 1.95. The summed E-state index contributed by atoms with van der Waals surface area (Å²) in [6.45, 7) is 6.23. The molecule has 1 aromatic heterocycles. The molecule has 23 heavy (non-hydrogen) atoms. The van der Waals surface area contributed by atoms with Gasteiger partial charge in [-0.25, -0.2) is 4.68 Å². The Morgan fingerprint density at radius 3 is 2.57 bits per heavy atom. The highest BCUT2D eigenvalue weighted by atomic mass is 16.2. The Labute approximate surface area is 138 Å². The van der Waals surface area contributed by atoms with Crippen LogP contribution in [0.5, 0.6) is 0 Å². The molecule has 6 heteroatoms. The van der Waals surface area contributed by atoms with Gasteiger partial charge in [0.05, 0.1) is 11.7 Å². The summed E-state index contributed by atoms with van der Waals surface area (Å²) in [7, 11) is 0. The normalized spacial score (nSPS) is 26.2. The van der Waals surface area contributed by atoms with E-state index < -0.39 is 0 Å². The predicted molar refractivity (Wildman–Crippen MR) is 89.4 cm³/mol. The van der Waals surface area contributed by atoms with Crippen LogP contribution in [0.2, 0.25) is 0 Å². The fraction of sp³-hybridized carbons (Fsp3) is 0.824. The minimum absolute atomic E-state index is 0.0531. The van der Waals surface area contributed by atoms with E-state index in [0.29, 0.717) is 17.8 Å². The topological polar surface area (TPSA) is 71.8 Å². The first-order valence-electron chi connectivity index (χ1n) is 9.12. The maximum Gasteiger partial charge on any atom is 0.273 e. The molecule has 1 saturated heterocycles. The van der Waals surface area contributed by atoms with Crippen LogP contribution in [-0.2, 0) is 0 Å². The number of piperidine rings is 1. The van der Waals surface area contributed by atoms with Gasteiger partial charge in [0.2, 0.25) is 0 Å². The third-order valence-electron chi connectivity index (χ3n) is 5.56. The van der Waals surface area contributed by atoms with Crippen LogP contribution in [0.25, 0.3) is 0 Å². The first-order chi connectivity index (χ1) is 11.2. The monoisotopic (exact) mass is 319 g/mol. The molecule has 1 amide bonds. The number of carbonyl (C=O) groups excluding carboxylic acids is 1. The molecule has 0 atom stereocenters. The number of hydrogen-bond donors (Lipinski definition) is 2. The number of hydrogen-bond acceptors (Lipinski definition) is 4. The van der Waals surface area contributed by atoms with Crippen LogP contribution in [-0.4, -0.2) is 40.0 Å². The van der Waals surface area contributed by atoms with E-state index in [1.54, 1.807) is 0 Å². The molecule has 0 aromatic carbocycles. The number of rotatable bonds is 4. The van der Waals surface area contributed by atoms with Gasteiger partial charge >= 0.3 is 0 Å². The zero-order valence-electron chi connectivity index (χ0n) is 14.3. The molecule has 1 aromatic rings. The maximum absolute atomic E-state index is 12.5. The molecule has 0 bridgehead atoms. The zero-order valence-corrected chi connectivity index (χ0v) is 14.3. The van der Waals surface area contributed by atoms with Crippen molar-refractivity contribution in [3.8, 4) is 0 Å². The Balaban J connectivity index is 1.60. The lowest BCUT2D eigenvalue weighted by Crippen LogP contribution is -2.38. The molecular weight excluding hydrogens is 290 g/mol. The molecule has 2 aliphatic rings. The molecule has 1 aliphatic carbocycles. The number of nitrogens with zero attached hydrogens (tertiary/aromatic N) is 3. The lowest BCUT2D eigenvalue weighted by atomic mass is 9.84. The molecule has 128 valence electrons. The van der Waals surface area contributed by atoms with Crippen molar-refractivity contribution in [2.45, 2.75) is 70.9 Å². The van der Waals surface area contributed by atoms with Crippen LogP contribution in [0.15, 0.2) is 0 Å². The third kappa shape index (κ3) is 3.74. The van der Waals surface area contributed by atoms with Crippen LogP contribution >= 0.6 is 0 Å². The standard InChI is InChI=1S/C17H29N5O/c1-3-13-4-6-14(7-5-13)19-17(23)16-12(2)22(21-20-16)15-8-10-18-11-9-15/h13-15,18H,3-11H2,1-2H3,(H,19,23). The van der Waals surface area contributed by atoms with Crippen molar-refractivity contribution >= 4 is 5.91 Å². The molecule has 3 rings (SSSR count). The van der Waals surface area contributed by atoms with E-state index in [2.05, 4.69) is 27.9 Å². The highest BCUT2D eigenvalue weighted by Gasteiger charge is 2.26. The number of nitrogens with one attached hydrogen (secondary N) is 2. The van der Waals surface area contributed by atoms with Crippen LogP contribution in [0.1, 0.15) is 74.1 Å². The van der Waals surface area contributed by atoms with Gasteiger partial charge in [-0.15, -0.1) is 5.10 Å². The van der Waals surface area contributed by atoms with Crippen molar-refractivity contribution in [2.75, 3.05) is 13.1 Å². The van der Waals surface area contributed by atoms with E-state index in [1.807, 2.05) is 11.6 Å². The van der Waals surface area contributed by atoms with Gasteiger partial charge in [0, 0.05) is 6.04 Å². The summed E-state index contributed by atoms with van der Waals surface area (Å²) in [4.78, 5) is 12.5. The number of aromatic nitrogens is 3. The van der Waals surface area contributed by atoms with Crippen LogP contribution in [0.4, 0.5) is 0 Å². The molecule has 1 aliphatic heterocycles. The van der Waals surface area contributed by atoms with Gasteiger partial charge in [0.15, 0.2) is 5.69 Å². The highest BCUT2D eigenvalue weighted by molar-refractivity contribution is 5.93. The Hall–Kier alpha value is -1.43. The van der Waals surface area contributed by atoms with E-state index in [9.17, 15) is 4.79 Å². The molecule has 2 N–H and O–H groups in total. The van der Waals surface area contributed by atoms with Crippen molar-refractivity contribution in [1.82, 2.24) is 25.6 Å². The molecule has 0 spiro atoms. The fourth-order valence-electron chi connectivity index (χ4n) is 3.92. The third-order valence-corrected chi connectivity index (χ3v) is 5.56. The zero-order chi connectivity index (χ0) is 16.2. The lowest BCUT2D eigenvalue weighted by molar-refractivity contribution is 0.0915. The van der Waals surface area contributed by atoms with Crippen molar-refractivity contribution in [3.63, 3.8) is 0 Å². The minimum atomic E-state index is -0.0531. The van der Waals surface area contributed by atoms with Gasteiger partial charge in [-0.3, -0.25) is 4.79 Å². The second-order valence-electron chi connectivity index (χ2n) is 7.05. The van der Waals surface area contributed by atoms with E-state index in [0.717, 1.165) is 50.4 Å². The Morgan fingerprint density at radius 2 is 1.91 bits per heavy atom. The largest absolute Gasteiger partial charge is 0.348 e. The minimum Gasteiger partial charge on any atom is -0.348 e. The maximum atomic E-state index is 12.5. The summed E-state index contributed by atoms with van der Waals surface area (Å²) in [5, 5.41) is 14.9.